The molecule has 1 aromatic carbocycles. The van der Waals surface area contributed by atoms with Crippen LogP contribution in [0.2, 0.25) is 0 Å². The zero-order valence-corrected chi connectivity index (χ0v) is 18.5. The first kappa shape index (κ1) is 23.5. The minimum Gasteiger partial charge on any atom is -0.475 e. The molecule has 0 bridgehead atoms. The van der Waals surface area contributed by atoms with Gasteiger partial charge in [-0.15, -0.1) is 11.8 Å². The SMILES string of the molecule is CC(=O)O[C@@H]1[C@@H](OC(C)=O)[C@H](OC(C)=O)CS[C@H]1Oc1cc(F)ccc1-c1cccnc1. The number of carbonyl (C=O) groups is 3. The van der Waals surface area contributed by atoms with Crippen LogP contribution in [0, 0.1) is 5.82 Å². The van der Waals surface area contributed by atoms with Crippen LogP contribution in [-0.4, -0.2) is 52.4 Å². The lowest BCUT2D eigenvalue weighted by molar-refractivity contribution is -0.186. The highest BCUT2D eigenvalue weighted by atomic mass is 32.2. The molecule has 10 heteroatoms. The summed E-state index contributed by atoms with van der Waals surface area (Å²) >= 11 is 1.19. The number of hydrogen-bond donors (Lipinski definition) is 0. The van der Waals surface area contributed by atoms with Gasteiger partial charge in [-0.3, -0.25) is 19.4 Å². The molecule has 0 saturated carbocycles. The van der Waals surface area contributed by atoms with E-state index in [9.17, 15) is 18.8 Å². The van der Waals surface area contributed by atoms with Gasteiger partial charge in [0.1, 0.15) is 11.6 Å². The molecule has 1 fully saturated rings. The predicted octanol–water partition coefficient (Wildman–Crippen LogP) is 3.13. The topological polar surface area (TPSA) is 101 Å². The summed E-state index contributed by atoms with van der Waals surface area (Å²) < 4.78 is 36.2. The first-order valence-electron chi connectivity index (χ1n) is 9.74. The third-order valence-corrected chi connectivity index (χ3v) is 5.68. The van der Waals surface area contributed by atoms with Crippen LogP contribution in [0.25, 0.3) is 11.1 Å². The monoisotopic (exact) mass is 463 g/mol. The number of esters is 3. The van der Waals surface area contributed by atoms with Crippen LogP contribution in [0.3, 0.4) is 0 Å². The zero-order valence-electron chi connectivity index (χ0n) is 17.6. The molecule has 1 aliphatic rings. The number of pyridine rings is 1. The minimum atomic E-state index is -1.11. The Morgan fingerprint density at radius 3 is 2.31 bits per heavy atom. The van der Waals surface area contributed by atoms with Gasteiger partial charge in [0.2, 0.25) is 0 Å². The number of rotatable bonds is 6. The highest BCUT2D eigenvalue weighted by Crippen LogP contribution is 2.38. The Morgan fingerprint density at radius 1 is 1.00 bits per heavy atom. The summed E-state index contributed by atoms with van der Waals surface area (Å²) in [5.74, 6) is -1.98. The largest absolute Gasteiger partial charge is 0.475 e. The summed E-state index contributed by atoms with van der Waals surface area (Å²) in [4.78, 5) is 39.1. The third-order valence-electron chi connectivity index (χ3n) is 4.46. The molecule has 4 atom stereocenters. The van der Waals surface area contributed by atoms with Gasteiger partial charge in [-0.25, -0.2) is 4.39 Å². The van der Waals surface area contributed by atoms with Crippen LogP contribution in [0.5, 0.6) is 5.75 Å². The molecule has 2 heterocycles. The van der Waals surface area contributed by atoms with E-state index < -0.39 is 47.5 Å². The molecule has 1 aliphatic heterocycles. The smallest absolute Gasteiger partial charge is 0.303 e. The maximum atomic E-state index is 14.1. The van der Waals surface area contributed by atoms with E-state index >= 15 is 0 Å². The molecule has 1 saturated heterocycles. The Labute approximate surface area is 188 Å². The molecule has 0 aliphatic carbocycles. The first-order valence-corrected chi connectivity index (χ1v) is 10.8. The minimum absolute atomic E-state index is 0.195. The molecule has 0 spiro atoms. The molecule has 0 N–H and O–H groups in total. The van der Waals surface area contributed by atoms with Crippen LogP contribution >= 0.6 is 11.8 Å². The Bertz CT molecular complexity index is 987. The Balaban J connectivity index is 1.96. The molecule has 8 nitrogen and oxygen atoms in total. The molecular weight excluding hydrogens is 441 g/mol. The molecule has 0 radical (unpaired) electrons. The lowest BCUT2D eigenvalue weighted by atomic mass is 10.1. The third kappa shape index (κ3) is 5.97. The van der Waals surface area contributed by atoms with E-state index in [4.69, 9.17) is 18.9 Å². The average molecular weight is 463 g/mol. The van der Waals surface area contributed by atoms with E-state index in [2.05, 4.69) is 4.98 Å². The second-order valence-electron chi connectivity index (χ2n) is 7.00. The summed E-state index contributed by atoms with van der Waals surface area (Å²) in [6.45, 7) is 3.62. The van der Waals surface area contributed by atoms with Gasteiger partial charge in [0.25, 0.3) is 0 Å². The standard InChI is InChI=1S/C22H22FNO7S/c1-12(25)28-19-11-32-22(21(30-14(3)27)20(19)29-13(2)26)31-18-9-16(23)6-7-17(18)15-5-4-8-24-10-15/h4-10,19-22H,11H2,1-3H3/t19-,20+,21-,22-/m1/s1. The molecule has 0 amide bonds. The van der Waals surface area contributed by atoms with Crippen LogP contribution in [0.15, 0.2) is 42.7 Å². The van der Waals surface area contributed by atoms with E-state index in [1.165, 1.54) is 44.7 Å². The number of carbonyl (C=O) groups excluding carboxylic acids is 3. The number of halogens is 1. The second-order valence-corrected chi connectivity index (χ2v) is 8.13. The van der Waals surface area contributed by atoms with Crippen LogP contribution in [0.1, 0.15) is 20.8 Å². The van der Waals surface area contributed by atoms with Gasteiger partial charge in [0.15, 0.2) is 23.7 Å². The molecule has 2 aromatic rings. The number of nitrogens with zero attached hydrogens (tertiary/aromatic N) is 1. The Morgan fingerprint density at radius 2 is 1.69 bits per heavy atom. The summed E-state index contributed by atoms with van der Waals surface area (Å²) in [6, 6.07) is 7.60. The van der Waals surface area contributed by atoms with Crippen molar-refractivity contribution in [1.29, 1.82) is 0 Å². The fourth-order valence-corrected chi connectivity index (χ4v) is 4.50. The van der Waals surface area contributed by atoms with Crippen molar-refractivity contribution in [3.05, 3.63) is 48.5 Å². The predicted molar refractivity (Wildman–Crippen MR) is 113 cm³/mol. The van der Waals surface area contributed by atoms with Gasteiger partial charge >= 0.3 is 17.9 Å². The number of thioether (sulfide) groups is 1. The van der Waals surface area contributed by atoms with E-state index in [0.717, 1.165) is 0 Å². The normalized spacial score (nSPS) is 22.5. The quantitative estimate of drug-likeness (QED) is 0.472. The van der Waals surface area contributed by atoms with Crippen molar-refractivity contribution in [2.75, 3.05) is 5.75 Å². The van der Waals surface area contributed by atoms with Gasteiger partial charge in [-0.2, -0.15) is 0 Å². The molecule has 170 valence electrons. The summed E-state index contributed by atoms with van der Waals surface area (Å²) in [5, 5.41) is 0. The molecular formula is C22H22FNO7S. The van der Waals surface area contributed by atoms with Crippen molar-refractivity contribution in [3.8, 4) is 16.9 Å². The molecule has 3 rings (SSSR count). The van der Waals surface area contributed by atoms with Crippen molar-refractivity contribution >= 4 is 29.7 Å². The fraction of sp³-hybridized carbons (Fsp3) is 0.364. The van der Waals surface area contributed by atoms with Crippen molar-refractivity contribution in [1.82, 2.24) is 4.98 Å². The molecule has 1 aromatic heterocycles. The molecule has 32 heavy (non-hydrogen) atoms. The zero-order chi connectivity index (χ0) is 23.3. The summed E-state index contributed by atoms with van der Waals surface area (Å²) in [5.41, 5.74) is 0.404. The fourth-order valence-electron chi connectivity index (χ4n) is 3.29. The summed E-state index contributed by atoms with van der Waals surface area (Å²) in [7, 11) is 0. The van der Waals surface area contributed by atoms with Crippen LogP contribution < -0.4 is 4.74 Å². The van der Waals surface area contributed by atoms with E-state index in [1.807, 2.05) is 0 Å². The maximum absolute atomic E-state index is 14.1. The van der Waals surface area contributed by atoms with E-state index in [-0.39, 0.29) is 11.5 Å². The highest BCUT2D eigenvalue weighted by Gasteiger charge is 2.47. The average Bonchev–Trinajstić information content (AvgIpc) is 2.72. The lowest BCUT2D eigenvalue weighted by Crippen LogP contribution is -2.55. The lowest BCUT2D eigenvalue weighted by Gasteiger charge is -2.40. The van der Waals surface area contributed by atoms with Crippen LogP contribution in [-0.2, 0) is 28.6 Å². The van der Waals surface area contributed by atoms with E-state index in [1.54, 1.807) is 30.6 Å². The number of ether oxygens (including phenoxy) is 4. The second kappa shape index (κ2) is 10.4. The van der Waals surface area contributed by atoms with Gasteiger partial charge < -0.3 is 18.9 Å². The van der Waals surface area contributed by atoms with Crippen molar-refractivity contribution in [2.24, 2.45) is 0 Å². The van der Waals surface area contributed by atoms with E-state index in [0.29, 0.717) is 11.1 Å². The van der Waals surface area contributed by atoms with Gasteiger partial charge in [0, 0.05) is 56.1 Å². The van der Waals surface area contributed by atoms with Gasteiger partial charge in [-0.1, -0.05) is 6.07 Å². The number of benzene rings is 1. The number of hydrogen-bond acceptors (Lipinski definition) is 9. The van der Waals surface area contributed by atoms with Gasteiger partial charge in [0.05, 0.1) is 0 Å². The maximum Gasteiger partial charge on any atom is 0.303 e. The molecule has 0 unspecified atom stereocenters. The highest BCUT2D eigenvalue weighted by molar-refractivity contribution is 7.99. The summed E-state index contributed by atoms with van der Waals surface area (Å²) in [6.07, 6.45) is 0.165. The Kier molecular flexibility index (Phi) is 7.68. The van der Waals surface area contributed by atoms with Gasteiger partial charge in [-0.05, 0) is 18.2 Å². The van der Waals surface area contributed by atoms with Crippen molar-refractivity contribution in [3.63, 3.8) is 0 Å². The van der Waals surface area contributed by atoms with Crippen molar-refractivity contribution < 1.29 is 37.7 Å². The Hall–Kier alpha value is -3.14. The van der Waals surface area contributed by atoms with Crippen LogP contribution in [0.4, 0.5) is 4.39 Å². The first-order chi connectivity index (χ1) is 15.2. The van der Waals surface area contributed by atoms with Crippen molar-refractivity contribution in [2.45, 2.75) is 44.5 Å². The number of aromatic nitrogens is 1.